The molecule has 0 aromatic rings. The number of aliphatic hydroxyl groups is 2. The average molecular weight is 1110 g/mol. The predicted octanol–water partition coefficient (Wildman–Crippen LogP) is 23.5. The lowest BCUT2D eigenvalue weighted by Crippen LogP contribution is -2.45. The van der Waals surface area contributed by atoms with Crippen LogP contribution in [0.2, 0.25) is 0 Å². The fourth-order valence-electron chi connectivity index (χ4n) is 11.8. The minimum absolute atomic E-state index is 0.0236. The SMILES string of the molecule is CCCCCCCCCCCCCCCCC/C=C/C(O)C(CO)NC(=O)CCCCCCCCCCCCCCCCCCCCCCCCCCCCCCCCCOC(=O)CCCCCCCCCCCCCCCC. The largest absolute Gasteiger partial charge is 0.466 e. The first-order chi connectivity index (χ1) is 39.0. The molecule has 0 aromatic heterocycles. The molecular weight excluding hydrogens is 971 g/mol. The van der Waals surface area contributed by atoms with Crippen LogP contribution in [0.3, 0.4) is 0 Å². The first-order valence-corrected chi connectivity index (χ1v) is 36.5. The van der Waals surface area contributed by atoms with E-state index in [-0.39, 0.29) is 18.5 Å². The quantitative estimate of drug-likeness (QED) is 0.0320. The zero-order valence-corrected chi connectivity index (χ0v) is 53.9. The van der Waals surface area contributed by atoms with Gasteiger partial charge >= 0.3 is 5.97 Å². The summed E-state index contributed by atoms with van der Waals surface area (Å²) < 4.78 is 5.50. The molecule has 0 rings (SSSR count). The van der Waals surface area contributed by atoms with Gasteiger partial charge in [0.1, 0.15) is 0 Å². The van der Waals surface area contributed by atoms with Gasteiger partial charge in [-0.1, -0.05) is 386 Å². The van der Waals surface area contributed by atoms with Gasteiger partial charge in [-0.05, 0) is 32.1 Å². The van der Waals surface area contributed by atoms with Crippen molar-refractivity contribution in [3.63, 3.8) is 0 Å². The predicted molar refractivity (Wildman–Crippen MR) is 347 cm³/mol. The van der Waals surface area contributed by atoms with Crippen molar-refractivity contribution < 1.29 is 24.5 Å². The highest BCUT2D eigenvalue weighted by molar-refractivity contribution is 5.76. The summed E-state index contributed by atoms with van der Waals surface area (Å²) in [6, 6.07) is -0.624. The van der Waals surface area contributed by atoms with Crippen LogP contribution >= 0.6 is 0 Å². The Morgan fingerprint density at radius 1 is 0.342 bits per heavy atom. The van der Waals surface area contributed by atoms with Crippen molar-refractivity contribution >= 4 is 11.9 Å². The zero-order valence-electron chi connectivity index (χ0n) is 53.9. The van der Waals surface area contributed by atoms with Gasteiger partial charge in [0.2, 0.25) is 5.91 Å². The van der Waals surface area contributed by atoms with Crippen LogP contribution in [0.15, 0.2) is 12.2 Å². The average Bonchev–Trinajstić information content (AvgIpc) is 3.45. The highest BCUT2D eigenvalue weighted by Crippen LogP contribution is 2.19. The molecule has 0 aliphatic rings. The number of amides is 1. The Balaban J connectivity index is 3.33. The van der Waals surface area contributed by atoms with E-state index in [1.807, 2.05) is 6.08 Å². The van der Waals surface area contributed by atoms with Crippen LogP contribution in [-0.4, -0.2) is 47.4 Å². The Kier molecular flexibility index (Phi) is 67.9. The monoisotopic (exact) mass is 1110 g/mol. The summed E-state index contributed by atoms with van der Waals surface area (Å²) in [5.41, 5.74) is 0. The van der Waals surface area contributed by atoms with E-state index in [4.69, 9.17) is 4.74 Å². The summed E-state index contributed by atoms with van der Waals surface area (Å²) in [7, 11) is 0. The van der Waals surface area contributed by atoms with Crippen LogP contribution in [-0.2, 0) is 14.3 Å². The van der Waals surface area contributed by atoms with Crippen molar-refractivity contribution in [3.8, 4) is 0 Å². The number of aliphatic hydroxyl groups excluding tert-OH is 2. The molecule has 2 unspecified atom stereocenters. The molecule has 3 N–H and O–H groups in total. The van der Waals surface area contributed by atoms with Gasteiger partial charge in [0.05, 0.1) is 25.4 Å². The van der Waals surface area contributed by atoms with Crippen LogP contribution in [0, 0.1) is 0 Å². The maximum absolute atomic E-state index is 12.5. The number of unbranched alkanes of at least 4 members (excludes halogenated alkanes) is 58. The highest BCUT2D eigenvalue weighted by atomic mass is 16.5. The third-order valence-electron chi connectivity index (χ3n) is 17.3. The van der Waals surface area contributed by atoms with Gasteiger partial charge in [-0.2, -0.15) is 0 Å². The maximum Gasteiger partial charge on any atom is 0.305 e. The Morgan fingerprint density at radius 2 is 0.582 bits per heavy atom. The van der Waals surface area contributed by atoms with Crippen molar-refractivity contribution in [2.24, 2.45) is 0 Å². The molecule has 79 heavy (non-hydrogen) atoms. The summed E-state index contributed by atoms with van der Waals surface area (Å²) in [5.74, 6) is -0.0363. The minimum atomic E-state index is -0.841. The molecule has 0 bridgehead atoms. The third kappa shape index (κ3) is 65.6. The standard InChI is InChI=1S/C73H143NO5/c1-3-5-7-9-11-13-15-17-19-35-38-41-45-49-53-57-61-65-71(76)70(69-75)74-72(77)66-62-58-54-50-46-42-39-36-33-31-29-27-25-23-21-20-22-24-26-28-30-32-34-37-40-44-48-52-56-60-64-68-79-73(78)67-63-59-55-51-47-43-18-16-14-12-10-8-6-4-2/h61,65,70-71,75-76H,3-60,62-64,66-69H2,1-2H3,(H,74,77)/b65-61+. The summed E-state index contributed by atoms with van der Waals surface area (Å²) in [4.78, 5) is 24.6. The van der Waals surface area contributed by atoms with Crippen LogP contribution in [0.25, 0.3) is 0 Å². The fourth-order valence-corrected chi connectivity index (χ4v) is 11.8. The van der Waals surface area contributed by atoms with E-state index in [0.29, 0.717) is 19.4 Å². The minimum Gasteiger partial charge on any atom is -0.466 e. The molecule has 6 heteroatoms. The first-order valence-electron chi connectivity index (χ1n) is 36.5. The lowest BCUT2D eigenvalue weighted by Gasteiger charge is -2.20. The number of carbonyl (C=O) groups excluding carboxylic acids is 2. The second kappa shape index (κ2) is 69.1. The summed E-state index contributed by atoms with van der Waals surface area (Å²) in [5, 5.41) is 23.2. The van der Waals surface area contributed by atoms with Crippen LogP contribution in [0.1, 0.15) is 418 Å². The Labute approximate surface area is 495 Å². The Hall–Kier alpha value is -1.40. The molecule has 0 radical (unpaired) electrons. The second-order valence-corrected chi connectivity index (χ2v) is 25.3. The molecule has 1 amide bonds. The van der Waals surface area contributed by atoms with E-state index in [0.717, 1.165) is 38.5 Å². The van der Waals surface area contributed by atoms with Crippen LogP contribution in [0.5, 0.6) is 0 Å². The lowest BCUT2D eigenvalue weighted by atomic mass is 10.0. The number of nitrogens with one attached hydrogen (secondary N) is 1. The Morgan fingerprint density at radius 3 is 0.861 bits per heavy atom. The molecular formula is C73H143NO5. The van der Waals surface area contributed by atoms with E-state index in [9.17, 15) is 19.8 Å². The number of carbonyl (C=O) groups is 2. The second-order valence-electron chi connectivity index (χ2n) is 25.3. The molecule has 0 fully saturated rings. The molecule has 0 spiro atoms. The number of allylic oxidation sites excluding steroid dienone is 1. The van der Waals surface area contributed by atoms with Crippen LogP contribution < -0.4 is 5.32 Å². The topological polar surface area (TPSA) is 95.9 Å². The van der Waals surface area contributed by atoms with Gasteiger partial charge < -0.3 is 20.3 Å². The van der Waals surface area contributed by atoms with Crippen molar-refractivity contribution in [2.45, 2.75) is 431 Å². The van der Waals surface area contributed by atoms with Gasteiger partial charge in [0.15, 0.2) is 0 Å². The zero-order chi connectivity index (χ0) is 57.1. The van der Waals surface area contributed by atoms with E-state index >= 15 is 0 Å². The summed E-state index contributed by atoms with van der Waals surface area (Å²) in [6.45, 7) is 4.95. The van der Waals surface area contributed by atoms with Gasteiger partial charge in [-0.3, -0.25) is 9.59 Å². The van der Waals surface area contributed by atoms with Gasteiger partial charge in [0, 0.05) is 12.8 Å². The van der Waals surface area contributed by atoms with Gasteiger partial charge in [-0.15, -0.1) is 0 Å². The fraction of sp³-hybridized carbons (Fsp3) is 0.945. The molecule has 6 nitrogen and oxygen atoms in total. The summed E-state index contributed by atoms with van der Waals surface area (Å²) >= 11 is 0. The van der Waals surface area contributed by atoms with E-state index < -0.39 is 12.1 Å². The van der Waals surface area contributed by atoms with Crippen LogP contribution in [0.4, 0.5) is 0 Å². The Bertz CT molecular complexity index is 1190. The molecule has 0 saturated heterocycles. The smallest absolute Gasteiger partial charge is 0.305 e. The molecule has 0 aliphatic carbocycles. The van der Waals surface area contributed by atoms with Gasteiger partial charge in [0.25, 0.3) is 0 Å². The summed E-state index contributed by atoms with van der Waals surface area (Å²) in [6.07, 6.45) is 85.9. The molecule has 470 valence electrons. The maximum atomic E-state index is 12.5. The first kappa shape index (κ1) is 77.6. The number of ether oxygens (including phenoxy) is 1. The van der Waals surface area contributed by atoms with E-state index in [2.05, 4.69) is 19.2 Å². The van der Waals surface area contributed by atoms with Crippen molar-refractivity contribution in [1.29, 1.82) is 0 Å². The number of hydrogen-bond donors (Lipinski definition) is 3. The normalized spacial score (nSPS) is 12.5. The van der Waals surface area contributed by atoms with Crippen molar-refractivity contribution in [2.75, 3.05) is 13.2 Å². The molecule has 0 heterocycles. The third-order valence-corrected chi connectivity index (χ3v) is 17.3. The lowest BCUT2D eigenvalue weighted by molar-refractivity contribution is -0.143. The van der Waals surface area contributed by atoms with Gasteiger partial charge in [-0.25, -0.2) is 0 Å². The van der Waals surface area contributed by atoms with E-state index in [1.165, 1.54) is 353 Å². The molecule has 0 saturated carbocycles. The number of esters is 1. The van der Waals surface area contributed by atoms with Crippen molar-refractivity contribution in [3.05, 3.63) is 12.2 Å². The number of rotatable bonds is 69. The molecule has 2 atom stereocenters. The van der Waals surface area contributed by atoms with Crippen molar-refractivity contribution in [1.82, 2.24) is 5.32 Å². The highest BCUT2D eigenvalue weighted by Gasteiger charge is 2.18. The molecule has 0 aliphatic heterocycles. The van der Waals surface area contributed by atoms with E-state index in [1.54, 1.807) is 6.08 Å². The molecule has 0 aromatic carbocycles. The number of hydrogen-bond acceptors (Lipinski definition) is 5.